The smallest absolute Gasteiger partial charge is 0.242 e. The van der Waals surface area contributed by atoms with E-state index in [4.69, 9.17) is 0 Å². The SMILES string of the molecule is CCC(O)Cc1ccccc1S(=O)(=O)N(C)C. The zero-order valence-corrected chi connectivity index (χ0v) is 11.2. The van der Waals surface area contributed by atoms with Crippen LogP contribution >= 0.6 is 0 Å². The monoisotopic (exact) mass is 257 g/mol. The molecule has 0 bridgehead atoms. The molecule has 1 rings (SSSR count). The molecule has 0 radical (unpaired) electrons. The van der Waals surface area contributed by atoms with E-state index in [1.807, 2.05) is 6.92 Å². The van der Waals surface area contributed by atoms with Crippen molar-refractivity contribution in [3.05, 3.63) is 29.8 Å². The molecule has 0 saturated carbocycles. The number of rotatable bonds is 5. The lowest BCUT2D eigenvalue weighted by Gasteiger charge is -2.16. The Morgan fingerprint density at radius 1 is 1.29 bits per heavy atom. The van der Waals surface area contributed by atoms with Gasteiger partial charge < -0.3 is 5.11 Å². The molecule has 5 heteroatoms. The quantitative estimate of drug-likeness (QED) is 0.863. The first-order valence-electron chi connectivity index (χ1n) is 5.58. The van der Waals surface area contributed by atoms with E-state index in [1.54, 1.807) is 24.3 Å². The Labute approximate surface area is 103 Å². The Morgan fingerprint density at radius 3 is 2.41 bits per heavy atom. The normalized spacial score (nSPS) is 13.9. The van der Waals surface area contributed by atoms with Crippen molar-refractivity contribution in [3.63, 3.8) is 0 Å². The van der Waals surface area contributed by atoms with E-state index in [0.717, 1.165) is 0 Å². The van der Waals surface area contributed by atoms with Gasteiger partial charge in [0, 0.05) is 14.1 Å². The summed E-state index contributed by atoms with van der Waals surface area (Å²) in [6, 6.07) is 6.80. The number of aliphatic hydroxyl groups excluding tert-OH is 1. The molecular weight excluding hydrogens is 238 g/mol. The molecule has 0 aliphatic carbocycles. The van der Waals surface area contributed by atoms with Crippen molar-refractivity contribution in [2.45, 2.75) is 30.8 Å². The van der Waals surface area contributed by atoms with E-state index in [9.17, 15) is 13.5 Å². The third-order valence-electron chi connectivity index (χ3n) is 2.66. The van der Waals surface area contributed by atoms with E-state index in [1.165, 1.54) is 18.4 Å². The van der Waals surface area contributed by atoms with Gasteiger partial charge in [-0.3, -0.25) is 0 Å². The largest absolute Gasteiger partial charge is 0.393 e. The predicted molar refractivity (Wildman–Crippen MR) is 67.3 cm³/mol. The summed E-state index contributed by atoms with van der Waals surface area (Å²) in [6.07, 6.45) is 0.462. The molecule has 0 aromatic heterocycles. The zero-order valence-electron chi connectivity index (χ0n) is 10.4. The molecule has 1 aromatic carbocycles. The van der Waals surface area contributed by atoms with E-state index in [0.29, 0.717) is 18.4 Å². The topological polar surface area (TPSA) is 57.6 Å². The van der Waals surface area contributed by atoms with Crippen LogP contribution in [0.3, 0.4) is 0 Å². The fraction of sp³-hybridized carbons (Fsp3) is 0.500. The van der Waals surface area contributed by atoms with E-state index in [2.05, 4.69) is 0 Å². The summed E-state index contributed by atoms with van der Waals surface area (Å²) in [5.74, 6) is 0. The molecule has 1 unspecified atom stereocenters. The number of benzene rings is 1. The molecule has 0 aliphatic heterocycles. The highest BCUT2D eigenvalue weighted by molar-refractivity contribution is 7.89. The van der Waals surface area contributed by atoms with Crippen LogP contribution < -0.4 is 0 Å². The molecule has 0 heterocycles. The van der Waals surface area contributed by atoms with Gasteiger partial charge in [0.2, 0.25) is 10.0 Å². The average Bonchev–Trinajstić information content (AvgIpc) is 2.29. The maximum Gasteiger partial charge on any atom is 0.242 e. The Bertz CT molecular complexity index is 468. The highest BCUT2D eigenvalue weighted by Gasteiger charge is 2.21. The van der Waals surface area contributed by atoms with Gasteiger partial charge in [0.05, 0.1) is 11.0 Å². The van der Waals surface area contributed by atoms with Crippen LogP contribution in [-0.2, 0) is 16.4 Å². The average molecular weight is 257 g/mol. The van der Waals surface area contributed by atoms with Crippen LogP contribution in [-0.4, -0.2) is 38.0 Å². The number of aliphatic hydroxyl groups is 1. The standard InChI is InChI=1S/C12H19NO3S/c1-4-11(14)9-10-7-5-6-8-12(10)17(15,16)13(2)3/h5-8,11,14H,4,9H2,1-3H3. The second-order valence-electron chi connectivity index (χ2n) is 4.16. The van der Waals surface area contributed by atoms with Crippen molar-refractivity contribution in [1.82, 2.24) is 4.31 Å². The van der Waals surface area contributed by atoms with Crippen molar-refractivity contribution < 1.29 is 13.5 Å². The lowest BCUT2D eigenvalue weighted by atomic mass is 10.1. The first kappa shape index (κ1) is 14.2. The minimum atomic E-state index is -3.44. The third-order valence-corrected chi connectivity index (χ3v) is 4.57. The number of hydrogen-bond donors (Lipinski definition) is 1. The summed E-state index contributed by atoms with van der Waals surface area (Å²) in [6.45, 7) is 1.87. The van der Waals surface area contributed by atoms with Crippen molar-refractivity contribution in [1.29, 1.82) is 0 Å². The van der Waals surface area contributed by atoms with Crippen molar-refractivity contribution >= 4 is 10.0 Å². The van der Waals surface area contributed by atoms with Crippen LogP contribution in [0, 0.1) is 0 Å². The van der Waals surface area contributed by atoms with E-state index >= 15 is 0 Å². The van der Waals surface area contributed by atoms with Crippen molar-refractivity contribution in [2.75, 3.05) is 14.1 Å². The number of nitrogens with zero attached hydrogens (tertiary/aromatic N) is 1. The van der Waals surface area contributed by atoms with Gasteiger partial charge in [-0.2, -0.15) is 0 Å². The molecule has 0 amide bonds. The summed E-state index contributed by atoms with van der Waals surface area (Å²) in [5.41, 5.74) is 0.663. The Hall–Kier alpha value is -0.910. The summed E-state index contributed by atoms with van der Waals surface area (Å²) >= 11 is 0. The van der Waals surface area contributed by atoms with Crippen LogP contribution in [0.25, 0.3) is 0 Å². The van der Waals surface area contributed by atoms with Gasteiger partial charge in [0.25, 0.3) is 0 Å². The van der Waals surface area contributed by atoms with Crippen molar-refractivity contribution in [2.24, 2.45) is 0 Å². The number of sulfonamides is 1. The second kappa shape index (κ2) is 5.62. The highest BCUT2D eigenvalue weighted by atomic mass is 32.2. The zero-order chi connectivity index (χ0) is 13.1. The fourth-order valence-electron chi connectivity index (χ4n) is 1.52. The first-order chi connectivity index (χ1) is 7.89. The van der Waals surface area contributed by atoms with Crippen LogP contribution in [0.4, 0.5) is 0 Å². The lowest BCUT2D eigenvalue weighted by molar-refractivity contribution is 0.170. The van der Waals surface area contributed by atoms with Gasteiger partial charge >= 0.3 is 0 Å². The van der Waals surface area contributed by atoms with E-state index < -0.39 is 16.1 Å². The van der Waals surface area contributed by atoms with Gasteiger partial charge in [0.1, 0.15) is 0 Å². The maximum atomic E-state index is 12.1. The molecule has 4 nitrogen and oxygen atoms in total. The molecule has 1 N–H and O–H groups in total. The first-order valence-corrected chi connectivity index (χ1v) is 7.02. The summed E-state index contributed by atoms with van der Waals surface area (Å²) in [5, 5.41) is 9.63. The second-order valence-corrected chi connectivity index (χ2v) is 6.28. The molecule has 1 atom stereocenters. The predicted octanol–water partition coefficient (Wildman–Crippen LogP) is 1.25. The van der Waals surface area contributed by atoms with Gasteiger partial charge in [-0.1, -0.05) is 25.1 Å². The highest BCUT2D eigenvalue weighted by Crippen LogP contribution is 2.20. The third kappa shape index (κ3) is 3.28. The van der Waals surface area contributed by atoms with Crippen LogP contribution in [0.15, 0.2) is 29.2 Å². The van der Waals surface area contributed by atoms with Crippen molar-refractivity contribution in [3.8, 4) is 0 Å². The minimum Gasteiger partial charge on any atom is -0.393 e. The van der Waals surface area contributed by atoms with Gasteiger partial charge in [0.15, 0.2) is 0 Å². The van der Waals surface area contributed by atoms with E-state index in [-0.39, 0.29) is 4.90 Å². The van der Waals surface area contributed by atoms with Crippen LogP contribution in [0.5, 0.6) is 0 Å². The van der Waals surface area contributed by atoms with Gasteiger partial charge in [-0.25, -0.2) is 12.7 Å². The molecule has 0 spiro atoms. The summed E-state index contributed by atoms with van der Waals surface area (Å²) in [4.78, 5) is 0.275. The summed E-state index contributed by atoms with van der Waals surface area (Å²) < 4.78 is 25.3. The Kier molecular flexibility index (Phi) is 4.68. The molecule has 0 saturated heterocycles. The molecule has 0 fully saturated rings. The van der Waals surface area contributed by atoms with Gasteiger partial charge in [-0.15, -0.1) is 0 Å². The Morgan fingerprint density at radius 2 is 1.88 bits per heavy atom. The van der Waals surface area contributed by atoms with Crippen LogP contribution in [0.2, 0.25) is 0 Å². The molecule has 96 valence electrons. The fourth-order valence-corrected chi connectivity index (χ4v) is 2.65. The Balaban J connectivity index is 3.17. The molecular formula is C12H19NO3S. The summed E-state index contributed by atoms with van der Waals surface area (Å²) in [7, 11) is -0.434. The minimum absolute atomic E-state index is 0.275. The number of hydrogen-bond acceptors (Lipinski definition) is 3. The van der Waals surface area contributed by atoms with Gasteiger partial charge in [-0.05, 0) is 24.5 Å². The maximum absolute atomic E-state index is 12.1. The molecule has 17 heavy (non-hydrogen) atoms. The molecule has 1 aromatic rings. The van der Waals surface area contributed by atoms with Crippen LogP contribution in [0.1, 0.15) is 18.9 Å². The molecule has 0 aliphatic rings. The lowest BCUT2D eigenvalue weighted by Crippen LogP contribution is -2.24.